The number of halogens is 1. The van der Waals surface area contributed by atoms with Gasteiger partial charge in [0.1, 0.15) is 5.58 Å². The molecule has 0 aliphatic rings. The minimum atomic E-state index is -0.599. The predicted molar refractivity (Wildman–Crippen MR) is 95.5 cm³/mol. The predicted octanol–water partition coefficient (Wildman–Crippen LogP) is 3.96. The number of carbonyl (C=O) groups excluding carboxylic acids is 2. The second-order valence-corrected chi connectivity index (χ2v) is 5.91. The smallest absolute Gasteiger partial charge is 0.344 e. The van der Waals surface area contributed by atoms with Crippen molar-refractivity contribution in [1.82, 2.24) is 0 Å². The Kier molecular flexibility index (Phi) is 4.77. The largest absolute Gasteiger partial charge is 0.423 e. The summed E-state index contributed by atoms with van der Waals surface area (Å²) >= 11 is 5.87. The van der Waals surface area contributed by atoms with Crippen LogP contribution in [0.5, 0.6) is 11.5 Å². The highest BCUT2D eigenvalue weighted by Crippen LogP contribution is 2.34. The van der Waals surface area contributed by atoms with E-state index in [1.807, 2.05) is 0 Å². The van der Waals surface area contributed by atoms with Crippen molar-refractivity contribution < 1.29 is 23.5 Å². The average molecular weight is 373 g/mol. The van der Waals surface area contributed by atoms with Crippen LogP contribution in [0.1, 0.15) is 13.8 Å². The summed E-state index contributed by atoms with van der Waals surface area (Å²) in [6.07, 6.45) is 0. The van der Waals surface area contributed by atoms with E-state index in [1.165, 1.54) is 26.0 Å². The highest BCUT2D eigenvalue weighted by molar-refractivity contribution is 6.30. The van der Waals surface area contributed by atoms with Crippen LogP contribution in [0.2, 0.25) is 5.02 Å². The third-order valence-electron chi connectivity index (χ3n) is 3.46. The first-order valence-corrected chi connectivity index (χ1v) is 7.96. The SMILES string of the molecule is CC(=O)Oc1cc2cc(-c3ccc(Cl)cc3)c(=O)oc2cc1OC(C)=O. The van der Waals surface area contributed by atoms with Crippen LogP contribution in [-0.4, -0.2) is 11.9 Å². The highest BCUT2D eigenvalue weighted by atomic mass is 35.5. The Hall–Kier alpha value is -3.12. The Labute approximate surface area is 152 Å². The molecule has 0 atom stereocenters. The monoisotopic (exact) mass is 372 g/mol. The molecular formula is C19H13ClO6. The summed E-state index contributed by atoms with van der Waals surface area (Å²) in [5, 5.41) is 1.05. The molecule has 26 heavy (non-hydrogen) atoms. The number of hydrogen-bond donors (Lipinski definition) is 0. The molecule has 0 bridgehead atoms. The summed E-state index contributed by atoms with van der Waals surface area (Å²) < 4.78 is 15.5. The molecule has 132 valence electrons. The van der Waals surface area contributed by atoms with E-state index in [1.54, 1.807) is 30.3 Å². The Morgan fingerprint density at radius 2 is 1.50 bits per heavy atom. The van der Waals surface area contributed by atoms with Gasteiger partial charge in [0.05, 0.1) is 5.56 Å². The van der Waals surface area contributed by atoms with Crippen molar-refractivity contribution >= 4 is 34.5 Å². The van der Waals surface area contributed by atoms with Gasteiger partial charge in [-0.15, -0.1) is 0 Å². The van der Waals surface area contributed by atoms with Crippen LogP contribution in [0.4, 0.5) is 0 Å². The molecule has 2 aromatic carbocycles. The normalized spacial score (nSPS) is 10.6. The number of benzene rings is 2. The van der Waals surface area contributed by atoms with Gasteiger partial charge in [0.2, 0.25) is 0 Å². The minimum absolute atomic E-state index is 0.0115. The summed E-state index contributed by atoms with van der Waals surface area (Å²) in [5.41, 5.74) is 0.583. The van der Waals surface area contributed by atoms with Crippen molar-refractivity contribution in [2.75, 3.05) is 0 Å². The van der Waals surface area contributed by atoms with E-state index in [-0.39, 0.29) is 17.1 Å². The van der Waals surface area contributed by atoms with E-state index >= 15 is 0 Å². The maximum absolute atomic E-state index is 12.3. The van der Waals surface area contributed by atoms with Crippen molar-refractivity contribution in [3.05, 3.63) is 57.9 Å². The first-order valence-electron chi connectivity index (χ1n) is 7.58. The number of fused-ring (bicyclic) bond motifs is 1. The molecule has 0 aliphatic carbocycles. The van der Waals surface area contributed by atoms with Crippen LogP contribution in [-0.2, 0) is 9.59 Å². The Balaban J connectivity index is 2.19. The van der Waals surface area contributed by atoms with Crippen LogP contribution < -0.4 is 15.1 Å². The van der Waals surface area contributed by atoms with Gasteiger partial charge in [-0.2, -0.15) is 0 Å². The quantitative estimate of drug-likeness (QED) is 0.393. The topological polar surface area (TPSA) is 82.8 Å². The molecule has 0 N–H and O–H groups in total. The fourth-order valence-corrected chi connectivity index (χ4v) is 2.55. The zero-order valence-corrected chi connectivity index (χ0v) is 14.6. The summed E-state index contributed by atoms with van der Waals surface area (Å²) in [5.74, 6) is -1.13. The molecule has 6 nitrogen and oxygen atoms in total. The second-order valence-electron chi connectivity index (χ2n) is 5.48. The van der Waals surface area contributed by atoms with E-state index in [0.29, 0.717) is 21.5 Å². The molecule has 0 amide bonds. The van der Waals surface area contributed by atoms with E-state index in [0.717, 1.165) is 0 Å². The van der Waals surface area contributed by atoms with E-state index < -0.39 is 17.6 Å². The molecule has 0 unspecified atom stereocenters. The van der Waals surface area contributed by atoms with Gasteiger partial charge in [-0.05, 0) is 29.8 Å². The van der Waals surface area contributed by atoms with Gasteiger partial charge in [-0.25, -0.2) is 4.79 Å². The number of hydrogen-bond acceptors (Lipinski definition) is 6. The van der Waals surface area contributed by atoms with Gasteiger partial charge in [-0.1, -0.05) is 23.7 Å². The van der Waals surface area contributed by atoms with Crippen molar-refractivity contribution in [2.24, 2.45) is 0 Å². The minimum Gasteiger partial charge on any atom is -0.423 e. The summed E-state index contributed by atoms with van der Waals surface area (Å²) in [6.45, 7) is 2.44. The first kappa shape index (κ1) is 17.7. The molecule has 7 heteroatoms. The van der Waals surface area contributed by atoms with Crippen molar-refractivity contribution in [3.63, 3.8) is 0 Å². The Morgan fingerprint density at radius 1 is 0.923 bits per heavy atom. The maximum atomic E-state index is 12.3. The lowest BCUT2D eigenvalue weighted by Crippen LogP contribution is -2.08. The van der Waals surface area contributed by atoms with Crippen LogP contribution in [0.3, 0.4) is 0 Å². The van der Waals surface area contributed by atoms with E-state index in [9.17, 15) is 14.4 Å². The number of esters is 2. The second kappa shape index (κ2) is 7.01. The zero-order chi connectivity index (χ0) is 18.8. The van der Waals surface area contributed by atoms with Gasteiger partial charge >= 0.3 is 17.6 Å². The molecule has 0 saturated carbocycles. The molecule has 0 aliphatic heterocycles. The number of ether oxygens (including phenoxy) is 2. The summed E-state index contributed by atoms with van der Waals surface area (Å²) in [4.78, 5) is 34.9. The maximum Gasteiger partial charge on any atom is 0.344 e. The van der Waals surface area contributed by atoms with E-state index in [2.05, 4.69) is 0 Å². The molecule has 3 rings (SSSR count). The third kappa shape index (κ3) is 3.75. The van der Waals surface area contributed by atoms with Crippen molar-refractivity contribution in [1.29, 1.82) is 0 Å². The standard InChI is InChI=1S/C19H13ClO6/c1-10(21)24-17-8-13-7-15(12-3-5-14(20)6-4-12)19(23)26-16(13)9-18(17)25-11(2)22/h3-9H,1-2H3. The van der Waals surface area contributed by atoms with Crippen molar-refractivity contribution in [2.45, 2.75) is 13.8 Å². The van der Waals surface area contributed by atoms with Gasteiger partial charge < -0.3 is 13.9 Å². The number of carbonyl (C=O) groups is 2. The van der Waals surface area contributed by atoms with E-state index in [4.69, 9.17) is 25.5 Å². The molecule has 1 aromatic heterocycles. The lowest BCUT2D eigenvalue weighted by atomic mass is 10.1. The molecule has 0 saturated heterocycles. The van der Waals surface area contributed by atoms with Crippen LogP contribution in [0.25, 0.3) is 22.1 Å². The molecule has 0 radical (unpaired) electrons. The molecule has 0 fully saturated rings. The lowest BCUT2D eigenvalue weighted by Gasteiger charge is -2.10. The number of rotatable bonds is 3. The molecule has 0 spiro atoms. The van der Waals surface area contributed by atoms with Gasteiger partial charge in [-0.3, -0.25) is 9.59 Å². The third-order valence-corrected chi connectivity index (χ3v) is 3.71. The molecule has 3 aromatic rings. The zero-order valence-electron chi connectivity index (χ0n) is 13.9. The van der Waals surface area contributed by atoms with Gasteiger partial charge in [0.25, 0.3) is 0 Å². The van der Waals surface area contributed by atoms with Crippen molar-refractivity contribution in [3.8, 4) is 22.6 Å². The van der Waals surface area contributed by atoms with Gasteiger partial charge in [0.15, 0.2) is 11.5 Å². The van der Waals surface area contributed by atoms with Crippen LogP contribution >= 0.6 is 11.6 Å². The molecular weight excluding hydrogens is 360 g/mol. The van der Waals surface area contributed by atoms with Gasteiger partial charge in [0, 0.05) is 30.3 Å². The molecule has 1 heterocycles. The Bertz CT molecular complexity index is 1070. The lowest BCUT2D eigenvalue weighted by molar-refractivity contribution is -0.134. The highest BCUT2D eigenvalue weighted by Gasteiger charge is 2.15. The average Bonchev–Trinajstić information content (AvgIpc) is 2.55. The summed E-state index contributed by atoms with van der Waals surface area (Å²) in [7, 11) is 0. The first-order chi connectivity index (χ1) is 12.3. The fourth-order valence-electron chi connectivity index (χ4n) is 2.43. The summed E-state index contributed by atoms with van der Waals surface area (Å²) in [6, 6.07) is 11.1. The fraction of sp³-hybridized carbons (Fsp3) is 0.105. The van der Waals surface area contributed by atoms with Crippen LogP contribution in [0.15, 0.2) is 51.7 Å². The Morgan fingerprint density at radius 3 is 2.08 bits per heavy atom. The van der Waals surface area contributed by atoms with Crippen LogP contribution in [0, 0.1) is 0 Å².